The van der Waals surface area contributed by atoms with Crippen LogP contribution in [0.1, 0.15) is 5.69 Å². The summed E-state index contributed by atoms with van der Waals surface area (Å²) in [6, 6.07) is 6.84. The van der Waals surface area contributed by atoms with Crippen LogP contribution in [0.15, 0.2) is 33.5 Å². The molecule has 0 spiro atoms. The molecule has 94 valence electrons. The minimum absolute atomic E-state index is 0.215. The average molecular weight is 310 g/mol. The van der Waals surface area contributed by atoms with Crippen molar-refractivity contribution in [1.29, 1.82) is 0 Å². The van der Waals surface area contributed by atoms with E-state index in [-0.39, 0.29) is 12.1 Å². The van der Waals surface area contributed by atoms with Gasteiger partial charge in [-0.2, -0.15) is 0 Å². The molecule has 2 aromatic rings. The number of rotatable bonds is 3. The van der Waals surface area contributed by atoms with Gasteiger partial charge in [0.25, 0.3) is 5.56 Å². The Labute approximate surface area is 112 Å². The first-order valence-electron chi connectivity index (χ1n) is 5.28. The number of aromatic nitrogens is 2. The fraction of sp³-hybridized carbons (Fsp3) is 0.167. The van der Waals surface area contributed by atoms with E-state index in [9.17, 15) is 4.79 Å². The summed E-state index contributed by atoms with van der Waals surface area (Å²) in [5.41, 5.74) is 6.62. The molecule has 1 aromatic heterocycles. The normalized spacial score (nSPS) is 10.4. The molecule has 0 unspecified atom stereocenters. The van der Waals surface area contributed by atoms with Gasteiger partial charge in [-0.05, 0) is 34.1 Å². The average Bonchev–Trinajstić information content (AvgIpc) is 2.37. The number of nitrogens with two attached hydrogens (primary N) is 1. The number of hydrogen-bond acceptors (Lipinski definition) is 4. The monoisotopic (exact) mass is 309 g/mol. The van der Waals surface area contributed by atoms with Crippen LogP contribution < -0.4 is 16.0 Å². The van der Waals surface area contributed by atoms with Crippen molar-refractivity contribution in [3.8, 4) is 17.1 Å². The Kier molecular flexibility index (Phi) is 3.78. The van der Waals surface area contributed by atoms with Crippen molar-refractivity contribution >= 4 is 15.9 Å². The topological polar surface area (TPSA) is 81.0 Å². The number of benzene rings is 1. The molecule has 0 aliphatic heterocycles. The summed E-state index contributed by atoms with van der Waals surface area (Å²) in [5, 5.41) is 0. The van der Waals surface area contributed by atoms with Crippen LogP contribution in [0.4, 0.5) is 0 Å². The van der Waals surface area contributed by atoms with Crippen LogP contribution in [0.3, 0.4) is 0 Å². The predicted molar refractivity (Wildman–Crippen MR) is 72.4 cm³/mol. The summed E-state index contributed by atoms with van der Waals surface area (Å²) in [6.07, 6.45) is 0. The Morgan fingerprint density at radius 1 is 1.44 bits per heavy atom. The van der Waals surface area contributed by atoms with E-state index in [0.717, 1.165) is 15.8 Å². The third-order valence-electron chi connectivity index (χ3n) is 2.43. The molecule has 0 aliphatic rings. The second kappa shape index (κ2) is 5.32. The third-order valence-corrected chi connectivity index (χ3v) is 3.05. The van der Waals surface area contributed by atoms with Gasteiger partial charge >= 0.3 is 0 Å². The molecule has 6 heteroatoms. The van der Waals surface area contributed by atoms with Gasteiger partial charge in [-0.15, -0.1) is 0 Å². The second-order valence-electron chi connectivity index (χ2n) is 3.64. The Morgan fingerprint density at radius 3 is 2.83 bits per heavy atom. The number of halogens is 1. The highest BCUT2D eigenvalue weighted by atomic mass is 79.9. The van der Waals surface area contributed by atoms with Gasteiger partial charge in [0, 0.05) is 18.2 Å². The van der Waals surface area contributed by atoms with E-state index in [1.165, 1.54) is 6.07 Å². The van der Waals surface area contributed by atoms with Gasteiger partial charge in [-0.3, -0.25) is 4.79 Å². The van der Waals surface area contributed by atoms with Crippen LogP contribution in [0, 0.1) is 0 Å². The van der Waals surface area contributed by atoms with Crippen molar-refractivity contribution in [3.05, 3.63) is 44.8 Å². The minimum Gasteiger partial charge on any atom is -0.496 e. The number of aromatic amines is 1. The van der Waals surface area contributed by atoms with Crippen LogP contribution in [-0.2, 0) is 6.54 Å². The zero-order valence-corrected chi connectivity index (χ0v) is 11.3. The lowest BCUT2D eigenvalue weighted by molar-refractivity contribution is 0.412. The number of H-pyrrole nitrogens is 1. The molecule has 0 bridgehead atoms. The molecule has 18 heavy (non-hydrogen) atoms. The number of ether oxygens (including phenoxy) is 1. The Morgan fingerprint density at radius 2 is 2.22 bits per heavy atom. The zero-order valence-electron chi connectivity index (χ0n) is 9.74. The van der Waals surface area contributed by atoms with E-state index in [4.69, 9.17) is 10.5 Å². The zero-order chi connectivity index (χ0) is 13.1. The molecule has 0 saturated heterocycles. The lowest BCUT2D eigenvalue weighted by atomic mass is 10.2. The lowest BCUT2D eigenvalue weighted by Gasteiger charge is -2.06. The minimum atomic E-state index is -0.215. The van der Waals surface area contributed by atoms with E-state index in [0.29, 0.717) is 11.5 Å². The molecule has 0 fully saturated rings. The van der Waals surface area contributed by atoms with E-state index >= 15 is 0 Å². The highest BCUT2D eigenvalue weighted by Crippen LogP contribution is 2.28. The molecule has 3 N–H and O–H groups in total. The number of methoxy groups -OCH3 is 1. The summed E-state index contributed by atoms with van der Waals surface area (Å²) < 4.78 is 5.94. The molecule has 5 nitrogen and oxygen atoms in total. The maximum Gasteiger partial charge on any atom is 0.251 e. The predicted octanol–water partition coefficient (Wildman–Crippen LogP) is 1.67. The van der Waals surface area contributed by atoms with E-state index < -0.39 is 0 Å². The van der Waals surface area contributed by atoms with Crippen molar-refractivity contribution < 1.29 is 4.74 Å². The first-order chi connectivity index (χ1) is 8.63. The summed E-state index contributed by atoms with van der Waals surface area (Å²) in [4.78, 5) is 18.4. The summed E-state index contributed by atoms with van der Waals surface area (Å²) in [5.74, 6) is 1.21. The maximum atomic E-state index is 11.5. The summed E-state index contributed by atoms with van der Waals surface area (Å²) >= 11 is 3.39. The molecule has 0 atom stereocenters. The quantitative estimate of drug-likeness (QED) is 0.903. The van der Waals surface area contributed by atoms with Gasteiger partial charge in [0.2, 0.25) is 0 Å². The first-order valence-corrected chi connectivity index (χ1v) is 6.07. The van der Waals surface area contributed by atoms with Crippen molar-refractivity contribution in [3.63, 3.8) is 0 Å². The summed E-state index contributed by atoms with van der Waals surface area (Å²) in [7, 11) is 1.59. The van der Waals surface area contributed by atoms with E-state index in [1.54, 1.807) is 13.2 Å². The van der Waals surface area contributed by atoms with E-state index in [2.05, 4.69) is 25.9 Å². The highest BCUT2D eigenvalue weighted by Gasteiger charge is 2.06. The Bertz CT molecular complexity index is 625. The van der Waals surface area contributed by atoms with Crippen LogP contribution in [0.5, 0.6) is 5.75 Å². The number of nitrogens with one attached hydrogen (secondary N) is 1. The number of nitrogens with zero attached hydrogens (tertiary/aromatic N) is 1. The van der Waals surface area contributed by atoms with Gasteiger partial charge in [-0.1, -0.05) is 0 Å². The van der Waals surface area contributed by atoms with Crippen molar-refractivity contribution in [1.82, 2.24) is 9.97 Å². The van der Waals surface area contributed by atoms with Gasteiger partial charge in [0.15, 0.2) is 0 Å². The smallest absolute Gasteiger partial charge is 0.251 e. The first kappa shape index (κ1) is 12.8. The highest BCUT2D eigenvalue weighted by molar-refractivity contribution is 9.10. The van der Waals surface area contributed by atoms with Gasteiger partial charge in [-0.25, -0.2) is 4.98 Å². The molecular weight excluding hydrogens is 298 g/mol. The Balaban J connectivity index is 2.51. The molecule has 1 aromatic carbocycles. The van der Waals surface area contributed by atoms with Gasteiger partial charge < -0.3 is 15.5 Å². The SMILES string of the molecule is COc1ccc(-c2nc(CN)cc(=O)[nH]2)cc1Br. The molecule has 0 saturated carbocycles. The Hall–Kier alpha value is -1.66. The van der Waals surface area contributed by atoms with Gasteiger partial charge in [0.1, 0.15) is 11.6 Å². The molecule has 0 aliphatic carbocycles. The second-order valence-corrected chi connectivity index (χ2v) is 4.49. The standard InChI is InChI=1S/C12H12BrN3O2/c1-18-10-3-2-7(4-9(10)13)12-15-8(6-14)5-11(17)16-12/h2-5H,6,14H2,1H3,(H,15,16,17). The lowest BCUT2D eigenvalue weighted by Crippen LogP contribution is -2.12. The molecular formula is C12H12BrN3O2. The van der Waals surface area contributed by atoms with E-state index in [1.807, 2.05) is 12.1 Å². The van der Waals surface area contributed by atoms with Crippen LogP contribution >= 0.6 is 15.9 Å². The largest absolute Gasteiger partial charge is 0.496 e. The van der Waals surface area contributed by atoms with Crippen LogP contribution in [0.2, 0.25) is 0 Å². The van der Waals surface area contributed by atoms with Crippen molar-refractivity contribution in [2.45, 2.75) is 6.54 Å². The van der Waals surface area contributed by atoms with Gasteiger partial charge in [0.05, 0.1) is 17.3 Å². The maximum absolute atomic E-state index is 11.5. The third kappa shape index (κ3) is 2.60. The fourth-order valence-electron chi connectivity index (χ4n) is 1.56. The summed E-state index contributed by atoms with van der Waals surface area (Å²) in [6.45, 7) is 0.230. The van der Waals surface area contributed by atoms with Crippen LogP contribution in [-0.4, -0.2) is 17.1 Å². The molecule has 1 heterocycles. The van der Waals surface area contributed by atoms with Crippen molar-refractivity contribution in [2.75, 3.05) is 7.11 Å². The fourth-order valence-corrected chi connectivity index (χ4v) is 2.10. The molecule has 0 radical (unpaired) electrons. The molecule has 0 amide bonds. The number of hydrogen-bond donors (Lipinski definition) is 2. The molecule has 2 rings (SSSR count). The van der Waals surface area contributed by atoms with Crippen LogP contribution in [0.25, 0.3) is 11.4 Å². The van der Waals surface area contributed by atoms with Crippen molar-refractivity contribution in [2.24, 2.45) is 5.73 Å².